The highest BCUT2D eigenvalue weighted by molar-refractivity contribution is 5.78. The number of carbonyl (C=O) groups is 1. The van der Waals surface area contributed by atoms with Crippen LogP contribution >= 0.6 is 0 Å². The summed E-state index contributed by atoms with van der Waals surface area (Å²) < 4.78 is 1.88. The molecule has 1 amide bonds. The van der Waals surface area contributed by atoms with Crippen LogP contribution in [-0.2, 0) is 11.3 Å². The Hall–Kier alpha value is -1.36. The molecule has 1 aromatic heterocycles. The van der Waals surface area contributed by atoms with Crippen LogP contribution in [0.4, 0.5) is 0 Å². The third-order valence-electron chi connectivity index (χ3n) is 3.27. The summed E-state index contributed by atoms with van der Waals surface area (Å²) in [5, 5.41) is 7.42. The fourth-order valence-electron chi connectivity index (χ4n) is 2.14. The van der Waals surface area contributed by atoms with Gasteiger partial charge in [0.15, 0.2) is 0 Å². The van der Waals surface area contributed by atoms with E-state index in [0.29, 0.717) is 12.6 Å². The molecule has 100 valence electrons. The van der Waals surface area contributed by atoms with Gasteiger partial charge in [0.2, 0.25) is 5.91 Å². The molecule has 18 heavy (non-hydrogen) atoms. The van der Waals surface area contributed by atoms with E-state index in [1.807, 2.05) is 28.8 Å². The Morgan fingerprint density at radius 2 is 2.39 bits per heavy atom. The van der Waals surface area contributed by atoms with E-state index < -0.39 is 0 Å². The summed E-state index contributed by atoms with van der Waals surface area (Å²) in [4.78, 5) is 14.0. The lowest BCUT2D eigenvalue weighted by atomic mass is 10.3. The van der Waals surface area contributed by atoms with Crippen molar-refractivity contribution in [3.8, 4) is 0 Å². The lowest BCUT2D eigenvalue weighted by Crippen LogP contribution is -2.43. The zero-order valence-corrected chi connectivity index (χ0v) is 11.2. The number of amides is 1. The second-order valence-electron chi connectivity index (χ2n) is 4.92. The molecule has 0 unspecified atom stereocenters. The highest BCUT2D eigenvalue weighted by Crippen LogP contribution is 2.26. The number of hydrogen-bond donors (Lipinski definition) is 1. The molecule has 1 N–H and O–H groups in total. The van der Waals surface area contributed by atoms with Crippen molar-refractivity contribution in [2.24, 2.45) is 0 Å². The largest absolute Gasteiger partial charge is 0.339 e. The highest BCUT2D eigenvalue weighted by Gasteiger charge is 2.30. The zero-order valence-electron chi connectivity index (χ0n) is 11.2. The molecule has 1 aliphatic rings. The van der Waals surface area contributed by atoms with Crippen molar-refractivity contribution >= 4 is 5.91 Å². The van der Waals surface area contributed by atoms with Gasteiger partial charge in [-0.25, -0.2) is 0 Å². The van der Waals surface area contributed by atoms with E-state index in [1.165, 1.54) is 12.8 Å². The third kappa shape index (κ3) is 3.57. The smallest absolute Gasteiger partial charge is 0.236 e. The summed E-state index contributed by atoms with van der Waals surface area (Å²) in [7, 11) is 0. The molecule has 1 saturated carbocycles. The molecule has 1 aliphatic carbocycles. The van der Waals surface area contributed by atoms with E-state index in [9.17, 15) is 4.79 Å². The Kier molecular flexibility index (Phi) is 4.36. The van der Waals surface area contributed by atoms with Gasteiger partial charge in [-0.2, -0.15) is 5.10 Å². The van der Waals surface area contributed by atoms with Crippen LogP contribution in [-0.4, -0.2) is 45.8 Å². The molecule has 0 radical (unpaired) electrons. The minimum absolute atomic E-state index is 0.215. The van der Waals surface area contributed by atoms with E-state index in [-0.39, 0.29) is 11.9 Å². The topological polar surface area (TPSA) is 50.2 Å². The lowest BCUT2D eigenvalue weighted by Gasteiger charge is -2.22. The average Bonchev–Trinajstić information content (AvgIpc) is 3.05. The van der Waals surface area contributed by atoms with Crippen LogP contribution in [0, 0.1) is 0 Å². The van der Waals surface area contributed by atoms with E-state index in [4.69, 9.17) is 0 Å². The van der Waals surface area contributed by atoms with Crippen LogP contribution in [0.2, 0.25) is 0 Å². The maximum absolute atomic E-state index is 12.0. The predicted molar refractivity (Wildman–Crippen MR) is 70.1 cm³/mol. The quantitative estimate of drug-likeness (QED) is 0.781. The van der Waals surface area contributed by atoms with Gasteiger partial charge in [0.1, 0.15) is 0 Å². The minimum Gasteiger partial charge on any atom is -0.339 e. The predicted octanol–water partition coefficient (Wildman–Crippen LogP) is 0.872. The second-order valence-corrected chi connectivity index (χ2v) is 4.92. The van der Waals surface area contributed by atoms with Gasteiger partial charge in [0, 0.05) is 31.0 Å². The summed E-state index contributed by atoms with van der Waals surface area (Å²) in [6.07, 6.45) is 6.04. The van der Waals surface area contributed by atoms with Crippen LogP contribution < -0.4 is 5.32 Å². The number of nitrogens with one attached hydrogen (secondary N) is 1. The molecule has 5 heteroatoms. The number of nitrogens with zero attached hydrogens (tertiary/aromatic N) is 3. The van der Waals surface area contributed by atoms with Crippen LogP contribution in [0.15, 0.2) is 18.5 Å². The van der Waals surface area contributed by atoms with Crippen molar-refractivity contribution in [1.29, 1.82) is 0 Å². The number of likely N-dealkylation sites (N-methyl/N-ethyl adjacent to an activating group) is 1. The summed E-state index contributed by atoms with van der Waals surface area (Å²) in [5.74, 6) is 0.215. The molecule has 0 aromatic carbocycles. The van der Waals surface area contributed by atoms with Crippen molar-refractivity contribution in [2.75, 3.05) is 13.1 Å². The first-order chi connectivity index (χ1) is 8.70. The van der Waals surface area contributed by atoms with Crippen LogP contribution in [0.5, 0.6) is 0 Å². The standard InChI is InChI=1S/C13H22N4O/c1-3-17(12-5-6-12)13(18)9-14-11(2)10-16-8-4-7-15-16/h4,7-8,11-12,14H,3,5-6,9-10H2,1-2H3/t11-/m0/s1. The lowest BCUT2D eigenvalue weighted by molar-refractivity contribution is -0.130. The van der Waals surface area contributed by atoms with E-state index >= 15 is 0 Å². The number of hydrogen-bond acceptors (Lipinski definition) is 3. The normalized spacial score (nSPS) is 16.6. The van der Waals surface area contributed by atoms with Gasteiger partial charge >= 0.3 is 0 Å². The Balaban J connectivity index is 1.71. The van der Waals surface area contributed by atoms with Crippen LogP contribution in [0.3, 0.4) is 0 Å². The maximum atomic E-state index is 12.0. The van der Waals surface area contributed by atoms with Crippen molar-refractivity contribution in [3.05, 3.63) is 18.5 Å². The van der Waals surface area contributed by atoms with Gasteiger partial charge in [0.05, 0.1) is 13.1 Å². The minimum atomic E-state index is 0.215. The van der Waals surface area contributed by atoms with E-state index in [0.717, 1.165) is 13.1 Å². The van der Waals surface area contributed by atoms with Crippen molar-refractivity contribution < 1.29 is 4.79 Å². The molecule has 0 saturated heterocycles. The van der Waals surface area contributed by atoms with Gasteiger partial charge in [0.25, 0.3) is 0 Å². The first-order valence-electron chi connectivity index (χ1n) is 6.71. The van der Waals surface area contributed by atoms with E-state index in [1.54, 1.807) is 6.20 Å². The fourth-order valence-corrected chi connectivity index (χ4v) is 2.14. The zero-order chi connectivity index (χ0) is 13.0. The Bertz CT molecular complexity index is 372. The molecular weight excluding hydrogens is 228 g/mol. The molecule has 0 aliphatic heterocycles. The molecule has 1 aromatic rings. The molecule has 1 heterocycles. The number of rotatable bonds is 7. The van der Waals surface area contributed by atoms with Crippen molar-refractivity contribution in [2.45, 2.75) is 45.3 Å². The molecule has 5 nitrogen and oxygen atoms in total. The Morgan fingerprint density at radius 3 is 2.94 bits per heavy atom. The molecule has 0 bridgehead atoms. The maximum Gasteiger partial charge on any atom is 0.236 e. The van der Waals surface area contributed by atoms with Gasteiger partial charge in [-0.1, -0.05) is 0 Å². The van der Waals surface area contributed by atoms with Gasteiger partial charge in [-0.3, -0.25) is 9.48 Å². The van der Waals surface area contributed by atoms with Gasteiger partial charge in [-0.15, -0.1) is 0 Å². The summed E-state index contributed by atoms with van der Waals surface area (Å²) >= 11 is 0. The summed E-state index contributed by atoms with van der Waals surface area (Å²) in [6, 6.07) is 2.65. The molecule has 2 rings (SSSR count). The van der Waals surface area contributed by atoms with Gasteiger partial charge < -0.3 is 10.2 Å². The average molecular weight is 250 g/mol. The highest BCUT2D eigenvalue weighted by atomic mass is 16.2. The van der Waals surface area contributed by atoms with Crippen LogP contribution in [0.25, 0.3) is 0 Å². The molecular formula is C13H22N4O. The summed E-state index contributed by atoms with van der Waals surface area (Å²) in [5.41, 5.74) is 0. The Labute approximate surface area is 108 Å². The Morgan fingerprint density at radius 1 is 1.61 bits per heavy atom. The molecule has 0 spiro atoms. The van der Waals surface area contributed by atoms with Gasteiger partial charge in [-0.05, 0) is 32.8 Å². The molecule has 1 fully saturated rings. The second kappa shape index (κ2) is 6.00. The first-order valence-corrected chi connectivity index (χ1v) is 6.71. The first kappa shape index (κ1) is 13.1. The fraction of sp³-hybridized carbons (Fsp3) is 0.692. The summed E-state index contributed by atoms with van der Waals surface area (Å²) in [6.45, 7) is 6.15. The van der Waals surface area contributed by atoms with E-state index in [2.05, 4.69) is 17.3 Å². The molecule has 1 atom stereocenters. The number of carbonyl (C=O) groups excluding carboxylic acids is 1. The third-order valence-corrected chi connectivity index (χ3v) is 3.27. The van der Waals surface area contributed by atoms with Crippen LogP contribution in [0.1, 0.15) is 26.7 Å². The SMILES string of the molecule is CCN(C(=O)CN[C@@H](C)Cn1cccn1)C1CC1. The monoisotopic (exact) mass is 250 g/mol. The number of aromatic nitrogens is 2. The van der Waals surface area contributed by atoms with Crippen molar-refractivity contribution in [3.63, 3.8) is 0 Å². The van der Waals surface area contributed by atoms with Crippen molar-refractivity contribution in [1.82, 2.24) is 20.0 Å².